The second-order valence-electron chi connectivity index (χ2n) is 4.89. The number of carbonyl (C=O) groups excluding carboxylic acids is 1. The minimum absolute atomic E-state index is 0.0590. The predicted octanol–water partition coefficient (Wildman–Crippen LogP) is 3.26. The van der Waals surface area contributed by atoms with Gasteiger partial charge in [0.2, 0.25) is 0 Å². The number of carbonyl (C=O) groups is 1. The first-order valence-electron chi connectivity index (χ1n) is 5.99. The fourth-order valence-electron chi connectivity index (χ4n) is 1.44. The van der Waals surface area contributed by atoms with Crippen LogP contribution < -0.4 is 0 Å². The van der Waals surface area contributed by atoms with E-state index in [1.807, 2.05) is 13.8 Å². The van der Waals surface area contributed by atoms with Crippen molar-refractivity contribution >= 4 is 25.7 Å². The maximum absolute atomic E-state index is 13.8. The number of halogens is 2. The largest absolute Gasteiger partial charge is 0.459 e. The summed E-state index contributed by atoms with van der Waals surface area (Å²) in [6, 6.07) is 1.86. The quantitative estimate of drug-likeness (QED) is 0.630. The molecule has 0 heterocycles. The second kappa shape index (κ2) is 6.10. The molecule has 4 nitrogen and oxygen atoms in total. The van der Waals surface area contributed by atoms with Crippen molar-refractivity contribution in [3.8, 4) is 0 Å². The molecule has 0 aliphatic heterocycles. The van der Waals surface area contributed by atoms with Gasteiger partial charge in [-0.05, 0) is 37.5 Å². The van der Waals surface area contributed by atoms with Crippen molar-refractivity contribution < 1.29 is 22.3 Å². The van der Waals surface area contributed by atoms with Gasteiger partial charge >= 0.3 is 5.97 Å². The molecule has 1 atom stereocenters. The number of benzene rings is 1. The maximum Gasteiger partial charge on any atom is 0.341 e. The summed E-state index contributed by atoms with van der Waals surface area (Å²) in [5.74, 6) is -1.69. The standard InChI is InChI=1S/C13H16ClFO4S/c1-7(2)9(4)19-13(16)10-6-12(20(14,17)18)8(3)5-11(10)15/h5-7,9H,1-4H3. The Bertz CT molecular complexity index is 626. The highest BCUT2D eigenvalue weighted by atomic mass is 35.7. The molecule has 0 radical (unpaired) electrons. The lowest BCUT2D eigenvalue weighted by molar-refractivity contribution is 0.0232. The van der Waals surface area contributed by atoms with E-state index in [0.717, 1.165) is 12.1 Å². The maximum atomic E-state index is 13.8. The normalized spacial score (nSPS) is 13.3. The van der Waals surface area contributed by atoms with Crippen LogP contribution in [0.4, 0.5) is 4.39 Å². The van der Waals surface area contributed by atoms with Crippen LogP contribution in [0.2, 0.25) is 0 Å². The zero-order valence-electron chi connectivity index (χ0n) is 11.6. The molecule has 0 aliphatic carbocycles. The lowest BCUT2D eigenvalue weighted by Crippen LogP contribution is -2.21. The first kappa shape index (κ1) is 16.9. The molecule has 20 heavy (non-hydrogen) atoms. The summed E-state index contributed by atoms with van der Waals surface area (Å²) in [5.41, 5.74) is -0.312. The molecule has 0 fully saturated rings. The minimum Gasteiger partial charge on any atom is -0.459 e. The van der Waals surface area contributed by atoms with Gasteiger partial charge in [0.25, 0.3) is 9.05 Å². The van der Waals surface area contributed by atoms with Gasteiger partial charge in [-0.25, -0.2) is 17.6 Å². The van der Waals surface area contributed by atoms with E-state index in [-0.39, 0.29) is 16.4 Å². The fourth-order valence-corrected chi connectivity index (χ4v) is 2.64. The Labute approximate surface area is 122 Å². The molecule has 1 unspecified atom stereocenters. The average molecular weight is 323 g/mol. The van der Waals surface area contributed by atoms with E-state index in [0.29, 0.717) is 0 Å². The van der Waals surface area contributed by atoms with Crippen LogP contribution in [0.15, 0.2) is 17.0 Å². The summed E-state index contributed by atoms with van der Waals surface area (Å²) in [5, 5.41) is 0. The third-order valence-electron chi connectivity index (χ3n) is 2.98. The Morgan fingerprint density at radius 1 is 1.30 bits per heavy atom. The second-order valence-corrected chi connectivity index (χ2v) is 7.42. The van der Waals surface area contributed by atoms with Crippen LogP contribution in [-0.4, -0.2) is 20.5 Å². The first-order valence-corrected chi connectivity index (χ1v) is 8.30. The molecule has 0 aliphatic rings. The Morgan fingerprint density at radius 3 is 2.30 bits per heavy atom. The Kier molecular flexibility index (Phi) is 5.15. The lowest BCUT2D eigenvalue weighted by atomic mass is 10.1. The first-order chi connectivity index (χ1) is 9.04. The van der Waals surface area contributed by atoms with Crippen molar-refractivity contribution in [3.63, 3.8) is 0 Å². The monoisotopic (exact) mass is 322 g/mol. The molecular weight excluding hydrogens is 307 g/mol. The molecule has 0 amide bonds. The van der Waals surface area contributed by atoms with Crippen molar-refractivity contribution in [2.24, 2.45) is 5.92 Å². The third-order valence-corrected chi connectivity index (χ3v) is 4.44. The Morgan fingerprint density at radius 2 is 1.85 bits per heavy atom. The Hall–Kier alpha value is -1.14. The van der Waals surface area contributed by atoms with Gasteiger partial charge in [0, 0.05) is 10.7 Å². The van der Waals surface area contributed by atoms with Crippen LogP contribution in [-0.2, 0) is 13.8 Å². The van der Waals surface area contributed by atoms with E-state index in [2.05, 4.69) is 0 Å². The summed E-state index contributed by atoms with van der Waals surface area (Å²) in [7, 11) is 1.19. The molecule has 1 aromatic rings. The van der Waals surface area contributed by atoms with Gasteiger partial charge in [-0.1, -0.05) is 13.8 Å². The molecule has 0 aromatic heterocycles. The number of ether oxygens (including phenoxy) is 1. The van der Waals surface area contributed by atoms with Crippen molar-refractivity contribution in [2.45, 2.75) is 38.7 Å². The molecule has 1 rings (SSSR count). The van der Waals surface area contributed by atoms with E-state index < -0.39 is 32.5 Å². The summed E-state index contributed by atoms with van der Waals surface area (Å²) in [6.07, 6.45) is -0.417. The molecule has 0 N–H and O–H groups in total. The average Bonchev–Trinajstić information content (AvgIpc) is 2.26. The van der Waals surface area contributed by atoms with Crippen LogP contribution in [0.25, 0.3) is 0 Å². The van der Waals surface area contributed by atoms with E-state index in [9.17, 15) is 17.6 Å². The van der Waals surface area contributed by atoms with Gasteiger partial charge in [-0.15, -0.1) is 0 Å². The zero-order valence-corrected chi connectivity index (χ0v) is 13.2. The number of rotatable bonds is 4. The SMILES string of the molecule is Cc1cc(F)c(C(=O)OC(C)C(C)C)cc1S(=O)(=O)Cl. The minimum atomic E-state index is -4.05. The van der Waals surface area contributed by atoms with Crippen LogP contribution >= 0.6 is 10.7 Å². The smallest absolute Gasteiger partial charge is 0.341 e. The van der Waals surface area contributed by atoms with Gasteiger partial charge < -0.3 is 4.74 Å². The van der Waals surface area contributed by atoms with E-state index in [1.165, 1.54) is 6.92 Å². The van der Waals surface area contributed by atoms with Crippen molar-refractivity contribution in [1.29, 1.82) is 0 Å². The highest BCUT2D eigenvalue weighted by molar-refractivity contribution is 8.13. The van der Waals surface area contributed by atoms with Crippen LogP contribution in [0.3, 0.4) is 0 Å². The van der Waals surface area contributed by atoms with Gasteiger partial charge in [0.05, 0.1) is 10.5 Å². The predicted molar refractivity (Wildman–Crippen MR) is 73.9 cm³/mol. The number of hydrogen-bond donors (Lipinski definition) is 0. The van der Waals surface area contributed by atoms with Gasteiger partial charge in [-0.3, -0.25) is 0 Å². The van der Waals surface area contributed by atoms with E-state index >= 15 is 0 Å². The summed E-state index contributed by atoms with van der Waals surface area (Å²) in [6.45, 7) is 6.76. The molecule has 0 saturated carbocycles. The highest BCUT2D eigenvalue weighted by Crippen LogP contribution is 2.24. The molecule has 1 aromatic carbocycles. The molecule has 0 bridgehead atoms. The van der Waals surface area contributed by atoms with Gasteiger partial charge in [-0.2, -0.15) is 0 Å². The van der Waals surface area contributed by atoms with Crippen LogP contribution in [0.1, 0.15) is 36.7 Å². The number of hydrogen-bond acceptors (Lipinski definition) is 4. The summed E-state index contributed by atoms with van der Waals surface area (Å²) < 4.78 is 41.6. The van der Waals surface area contributed by atoms with Crippen molar-refractivity contribution in [2.75, 3.05) is 0 Å². The van der Waals surface area contributed by atoms with Crippen LogP contribution in [0.5, 0.6) is 0 Å². The van der Waals surface area contributed by atoms with Crippen molar-refractivity contribution in [1.82, 2.24) is 0 Å². The summed E-state index contributed by atoms with van der Waals surface area (Å²) in [4.78, 5) is 11.6. The molecule has 112 valence electrons. The zero-order chi connectivity index (χ0) is 15.7. The lowest BCUT2D eigenvalue weighted by Gasteiger charge is -2.17. The van der Waals surface area contributed by atoms with Gasteiger partial charge in [0.1, 0.15) is 11.9 Å². The fraction of sp³-hybridized carbons (Fsp3) is 0.462. The third kappa shape index (κ3) is 3.93. The number of aryl methyl sites for hydroxylation is 1. The molecule has 0 spiro atoms. The van der Waals surface area contributed by atoms with E-state index in [1.54, 1.807) is 6.92 Å². The molecule has 0 saturated heterocycles. The van der Waals surface area contributed by atoms with Gasteiger partial charge in [0.15, 0.2) is 0 Å². The van der Waals surface area contributed by atoms with E-state index in [4.69, 9.17) is 15.4 Å². The summed E-state index contributed by atoms with van der Waals surface area (Å²) >= 11 is 0. The topological polar surface area (TPSA) is 60.4 Å². The number of esters is 1. The highest BCUT2D eigenvalue weighted by Gasteiger charge is 2.23. The molecular formula is C13H16ClFO4S. The Balaban J connectivity index is 3.22. The molecule has 7 heteroatoms. The van der Waals surface area contributed by atoms with Crippen LogP contribution in [0, 0.1) is 18.7 Å². The van der Waals surface area contributed by atoms with Crippen molar-refractivity contribution in [3.05, 3.63) is 29.1 Å².